The average molecular weight is 484 g/mol. The maximum Gasteiger partial charge on any atom is 0.309 e. The number of oxime groups is 1. The van der Waals surface area contributed by atoms with Gasteiger partial charge in [0, 0.05) is 0 Å². The summed E-state index contributed by atoms with van der Waals surface area (Å²) in [5, 5.41) is 16.9. The summed E-state index contributed by atoms with van der Waals surface area (Å²) in [6.07, 6.45) is 6.46. The SMILES string of the molecule is CC(C)c1cc2c(cc1/C=N/OCc1ccc3ccccc3c1)[C@@]1(C)CCCC(C)(C(=O)O)C1CC2. The van der Waals surface area contributed by atoms with Crippen LogP contribution in [0.2, 0.25) is 0 Å². The van der Waals surface area contributed by atoms with E-state index in [9.17, 15) is 9.90 Å². The third kappa shape index (κ3) is 4.21. The summed E-state index contributed by atoms with van der Waals surface area (Å²) >= 11 is 0. The van der Waals surface area contributed by atoms with Gasteiger partial charge in [-0.2, -0.15) is 0 Å². The minimum Gasteiger partial charge on any atom is -0.481 e. The minimum absolute atomic E-state index is 0.136. The van der Waals surface area contributed by atoms with Crippen LogP contribution in [0, 0.1) is 11.3 Å². The highest BCUT2D eigenvalue weighted by Crippen LogP contribution is 2.57. The number of nitrogens with zero attached hydrogens (tertiary/aromatic N) is 1. The third-order valence-corrected chi connectivity index (χ3v) is 8.98. The van der Waals surface area contributed by atoms with Crippen LogP contribution in [0.25, 0.3) is 10.8 Å². The molecule has 0 bridgehead atoms. The average Bonchev–Trinajstić information content (AvgIpc) is 2.86. The van der Waals surface area contributed by atoms with Gasteiger partial charge in [0.05, 0.1) is 11.6 Å². The first-order chi connectivity index (χ1) is 17.2. The number of rotatable bonds is 6. The van der Waals surface area contributed by atoms with Crippen molar-refractivity contribution in [2.24, 2.45) is 16.5 Å². The van der Waals surface area contributed by atoms with Crippen LogP contribution < -0.4 is 0 Å². The van der Waals surface area contributed by atoms with Gasteiger partial charge < -0.3 is 9.94 Å². The van der Waals surface area contributed by atoms with E-state index >= 15 is 0 Å². The van der Waals surface area contributed by atoms with E-state index in [1.165, 1.54) is 27.5 Å². The smallest absolute Gasteiger partial charge is 0.309 e. The van der Waals surface area contributed by atoms with Crippen LogP contribution in [0.4, 0.5) is 0 Å². The molecule has 0 amide bonds. The summed E-state index contributed by atoms with van der Waals surface area (Å²) in [4.78, 5) is 18.1. The number of hydrogen-bond donors (Lipinski definition) is 1. The number of aliphatic carboxylic acids is 1. The molecule has 3 atom stereocenters. The van der Waals surface area contributed by atoms with E-state index in [1.807, 2.05) is 25.3 Å². The fraction of sp³-hybridized carbons (Fsp3) is 0.438. The molecule has 0 radical (unpaired) electrons. The van der Waals surface area contributed by atoms with Crippen molar-refractivity contribution in [1.82, 2.24) is 0 Å². The lowest BCUT2D eigenvalue weighted by Crippen LogP contribution is -2.52. The van der Waals surface area contributed by atoms with E-state index in [0.717, 1.165) is 43.2 Å². The Morgan fingerprint density at radius 1 is 1.11 bits per heavy atom. The Morgan fingerprint density at radius 3 is 2.64 bits per heavy atom. The van der Waals surface area contributed by atoms with Gasteiger partial charge in [-0.3, -0.25) is 4.79 Å². The fourth-order valence-corrected chi connectivity index (χ4v) is 6.95. The summed E-state index contributed by atoms with van der Waals surface area (Å²) in [6.45, 7) is 9.10. The highest BCUT2D eigenvalue weighted by molar-refractivity contribution is 5.84. The summed E-state index contributed by atoms with van der Waals surface area (Å²) in [5.41, 5.74) is 5.32. The summed E-state index contributed by atoms with van der Waals surface area (Å²) in [6, 6.07) is 19.3. The summed E-state index contributed by atoms with van der Waals surface area (Å²) in [7, 11) is 0. The lowest BCUT2D eigenvalue weighted by atomic mass is 9.49. The maximum atomic E-state index is 12.3. The van der Waals surface area contributed by atoms with Crippen molar-refractivity contribution in [3.05, 3.63) is 82.4 Å². The van der Waals surface area contributed by atoms with Gasteiger partial charge in [0.1, 0.15) is 6.61 Å². The number of hydrogen-bond acceptors (Lipinski definition) is 3. The predicted molar refractivity (Wildman–Crippen MR) is 146 cm³/mol. The Balaban J connectivity index is 1.42. The highest BCUT2D eigenvalue weighted by atomic mass is 16.6. The molecule has 5 rings (SSSR count). The molecule has 0 aliphatic heterocycles. The van der Waals surface area contributed by atoms with Gasteiger partial charge in [-0.25, -0.2) is 0 Å². The standard InChI is InChI=1S/C32H37NO3/c1-21(2)27-17-25-12-13-29-31(3,14-7-15-32(29,4)30(34)35)28(25)18-26(27)19-33-36-20-22-10-11-23-8-5-6-9-24(23)16-22/h5-6,8-11,16-19,21,29H,7,12-15,20H2,1-4H3,(H,34,35)/b33-19+/t29?,31-,32?/m1/s1. The first-order valence-electron chi connectivity index (χ1n) is 13.3. The highest BCUT2D eigenvalue weighted by Gasteiger charge is 2.55. The maximum absolute atomic E-state index is 12.3. The second-order valence-electron chi connectivity index (χ2n) is 11.6. The normalized spacial score (nSPS) is 25.6. The molecule has 3 aromatic rings. The lowest BCUT2D eigenvalue weighted by molar-refractivity contribution is -0.157. The number of carboxylic acids is 1. The molecule has 4 nitrogen and oxygen atoms in total. The molecule has 0 aromatic heterocycles. The van der Waals surface area contributed by atoms with Crippen LogP contribution in [-0.2, 0) is 28.1 Å². The Morgan fingerprint density at radius 2 is 1.89 bits per heavy atom. The zero-order chi connectivity index (χ0) is 25.5. The second-order valence-corrected chi connectivity index (χ2v) is 11.6. The monoisotopic (exact) mass is 483 g/mol. The number of aryl methyl sites for hydroxylation is 1. The first-order valence-corrected chi connectivity index (χ1v) is 13.3. The van der Waals surface area contributed by atoms with Crippen molar-refractivity contribution in [1.29, 1.82) is 0 Å². The number of benzene rings is 3. The molecular formula is C32H37NO3. The van der Waals surface area contributed by atoms with E-state index < -0.39 is 11.4 Å². The second kappa shape index (κ2) is 9.38. The van der Waals surface area contributed by atoms with E-state index in [2.05, 4.69) is 68.4 Å². The van der Waals surface area contributed by atoms with Crippen molar-refractivity contribution in [3.8, 4) is 0 Å². The Hall–Kier alpha value is -3.14. The molecular weight excluding hydrogens is 446 g/mol. The van der Waals surface area contributed by atoms with Gasteiger partial charge >= 0.3 is 5.97 Å². The minimum atomic E-state index is -0.668. The van der Waals surface area contributed by atoms with Crippen LogP contribution in [0.1, 0.15) is 87.1 Å². The van der Waals surface area contributed by atoms with Crippen molar-refractivity contribution in [2.75, 3.05) is 0 Å². The van der Waals surface area contributed by atoms with Gasteiger partial charge in [-0.05, 0) is 101 Å². The summed E-state index contributed by atoms with van der Waals surface area (Å²) in [5.74, 6) is -0.148. The molecule has 1 fully saturated rings. The Kier molecular flexibility index (Phi) is 6.40. The molecule has 1 saturated carbocycles. The van der Waals surface area contributed by atoms with E-state index in [1.54, 1.807) is 0 Å². The van der Waals surface area contributed by atoms with Gasteiger partial charge in [-0.15, -0.1) is 0 Å². The van der Waals surface area contributed by atoms with Crippen molar-refractivity contribution < 1.29 is 14.7 Å². The van der Waals surface area contributed by atoms with Crippen LogP contribution in [-0.4, -0.2) is 17.3 Å². The lowest BCUT2D eigenvalue weighted by Gasteiger charge is -2.53. The van der Waals surface area contributed by atoms with Crippen LogP contribution in [0.5, 0.6) is 0 Å². The van der Waals surface area contributed by atoms with E-state index in [-0.39, 0.29) is 11.3 Å². The van der Waals surface area contributed by atoms with Gasteiger partial charge in [0.2, 0.25) is 0 Å². The number of carbonyl (C=O) groups is 1. The molecule has 2 aliphatic carbocycles. The van der Waals surface area contributed by atoms with E-state index in [0.29, 0.717) is 12.5 Å². The Labute approximate surface area is 214 Å². The van der Waals surface area contributed by atoms with Crippen LogP contribution in [0.3, 0.4) is 0 Å². The van der Waals surface area contributed by atoms with E-state index in [4.69, 9.17) is 4.84 Å². The predicted octanol–water partition coefficient (Wildman–Crippen LogP) is 7.61. The van der Waals surface area contributed by atoms with Crippen molar-refractivity contribution >= 4 is 23.0 Å². The molecule has 3 aromatic carbocycles. The van der Waals surface area contributed by atoms with Gasteiger partial charge in [-0.1, -0.05) is 74.8 Å². The van der Waals surface area contributed by atoms with Crippen molar-refractivity contribution in [3.63, 3.8) is 0 Å². The fourth-order valence-electron chi connectivity index (χ4n) is 6.95. The van der Waals surface area contributed by atoms with Gasteiger partial charge in [0.25, 0.3) is 0 Å². The quantitative estimate of drug-likeness (QED) is 0.290. The zero-order valence-corrected chi connectivity index (χ0v) is 21.9. The van der Waals surface area contributed by atoms with Crippen molar-refractivity contribution in [2.45, 2.75) is 77.7 Å². The van der Waals surface area contributed by atoms with Crippen LogP contribution >= 0.6 is 0 Å². The molecule has 0 heterocycles. The molecule has 36 heavy (non-hydrogen) atoms. The first kappa shape index (κ1) is 24.5. The molecule has 4 heteroatoms. The topological polar surface area (TPSA) is 58.9 Å². The third-order valence-electron chi connectivity index (χ3n) is 8.98. The summed E-state index contributed by atoms with van der Waals surface area (Å²) < 4.78 is 0. The molecule has 0 spiro atoms. The molecule has 2 unspecified atom stereocenters. The zero-order valence-electron chi connectivity index (χ0n) is 21.9. The molecule has 2 aliphatic rings. The number of fused-ring (bicyclic) bond motifs is 4. The van der Waals surface area contributed by atoms with Gasteiger partial charge in [0.15, 0.2) is 0 Å². The van der Waals surface area contributed by atoms with Crippen LogP contribution in [0.15, 0.2) is 59.8 Å². The molecule has 0 saturated heterocycles. The molecule has 1 N–H and O–H groups in total. The Bertz CT molecular complexity index is 1330. The largest absolute Gasteiger partial charge is 0.481 e. The number of carboxylic acid groups (broad SMARTS) is 1. The molecule has 188 valence electrons.